The lowest BCUT2D eigenvalue weighted by atomic mass is 10.1. The first kappa shape index (κ1) is 14.0. The van der Waals surface area contributed by atoms with Gasteiger partial charge < -0.3 is 5.32 Å². The third-order valence-corrected chi connectivity index (χ3v) is 3.88. The van der Waals surface area contributed by atoms with Crippen molar-refractivity contribution in [2.45, 2.75) is 6.92 Å². The van der Waals surface area contributed by atoms with E-state index >= 15 is 0 Å². The zero-order valence-corrected chi connectivity index (χ0v) is 12.3. The molecule has 98 valence electrons. The highest BCUT2D eigenvalue weighted by Crippen LogP contribution is 2.25. The van der Waals surface area contributed by atoms with E-state index in [0.717, 1.165) is 10.0 Å². The SMILES string of the molecule is Cc1c(Br)cccc1NC(=O)c1c(F)cccc1Cl. The second-order valence-corrected chi connectivity index (χ2v) is 5.22. The fourth-order valence-electron chi connectivity index (χ4n) is 1.64. The van der Waals surface area contributed by atoms with E-state index in [1.165, 1.54) is 18.2 Å². The lowest BCUT2D eigenvalue weighted by Gasteiger charge is -2.11. The normalized spacial score (nSPS) is 10.3. The summed E-state index contributed by atoms with van der Waals surface area (Å²) in [6.07, 6.45) is 0. The number of carbonyl (C=O) groups is 1. The van der Waals surface area contributed by atoms with Gasteiger partial charge in [0.2, 0.25) is 0 Å². The number of halogens is 3. The number of carbonyl (C=O) groups excluding carboxylic acids is 1. The molecule has 2 nitrogen and oxygen atoms in total. The molecule has 0 unspecified atom stereocenters. The van der Waals surface area contributed by atoms with Crippen LogP contribution in [0.15, 0.2) is 40.9 Å². The summed E-state index contributed by atoms with van der Waals surface area (Å²) in [5.41, 5.74) is 1.32. The number of benzene rings is 2. The molecule has 2 aromatic carbocycles. The average Bonchev–Trinajstić information content (AvgIpc) is 2.35. The van der Waals surface area contributed by atoms with Crippen LogP contribution in [-0.2, 0) is 0 Å². The predicted octanol–water partition coefficient (Wildman–Crippen LogP) is 4.80. The van der Waals surface area contributed by atoms with E-state index in [0.29, 0.717) is 5.69 Å². The number of anilines is 1. The van der Waals surface area contributed by atoms with Crippen LogP contribution < -0.4 is 5.32 Å². The van der Waals surface area contributed by atoms with Crippen molar-refractivity contribution in [1.82, 2.24) is 0 Å². The summed E-state index contributed by atoms with van der Waals surface area (Å²) in [6.45, 7) is 1.85. The largest absolute Gasteiger partial charge is 0.322 e. The summed E-state index contributed by atoms with van der Waals surface area (Å²) < 4.78 is 14.5. The van der Waals surface area contributed by atoms with Gasteiger partial charge in [0.1, 0.15) is 5.82 Å². The summed E-state index contributed by atoms with van der Waals surface area (Å²) in [7, 11) is 0. The molecule has 0 aliphatic carbocycles. The van der Waals surface area contributed by atoms with Crippen molar-refractivity contribution in [2.24, 2.45) is 0 Å². The molecule has 5 heteroatoms. The number of hydrogen-bond donors (Lipinski definition) is 1. The van der Waals surface area contributed by atoms with Crippen LogP contribution in [0.5, 0.6) is 0 Å². The predicted molar refractivity (Wildman–Crippen MR) is 78.2 cm³/mol. The second-order valence-electron chi connectivity index (χ2n) is 3.96. The Morgan fingerprint density at radius 2 is 1.95 bits per heavy atom. The van der Waals surface area contributed by atoms with Crippen molar-refractivity contribution in [3.63, 3.8) is 0 Å². The Hall–Kier alpha value is -1.39. The third kappa shape index (κ3) is 2.96. The summed E-state index contributed by atoms with van der Waals surface area (Å²) in [4.78, 5) is 12.1. The van der Waals surface area contributed by atoms with Gasteiger partial charge in [-0.15, -0.1) is 0 Å². The fraction of sp³-hybridized carbons (Fsp3) is 0.0714. The van der Waals surface area contributed by atoms with E-state index in [1.807, 2.05) is 13.0 Å². The van der Waals surface area contributed by atoms with Crippen LogP contribution in [0.25, 0.3) is 0 Å². The lowest BCUT2D eigenvalue weighted by Crippen LogP contribution is -2.15. The molecule has 0 atom stereocenters. The molecule has 0 bridgehead atoms. The molecule has 0 spiro atoms. The zero-order valence-electron chi connectivity index (χ0n) is 10.0. The van der Waals surface area contributed by atoms with Crippen molar-refractivity contribution in [3.05, 3.63) is 62.8 Å². The highest BCUT2D eigenvalue weighted by molar-refractivity contribution is 9.10. The van der Waals surface area contributed by atoms with Crippen LogP contribution in [0.1, 0.15) is 15.9 Å². The van der Waals surface area contributed by atoms with Crippen LogP contribution >= 0.6 is 27.5 Å². The molecule has 0 aliphatic heterocycles. The molecule has 2 aromatic rings. The molecule has 0 saturated carbocycles. The van der Waals surface area contributed by atoms with Gasteiger partial charge in [0.05, 0.1) is 10.6 Å². The number of hydrogen-bond acceptors (Lipinski definition) is 1. The second kappa shape index (κ2) is 5.72. The standard InChI is InChI=1S/C14H10BrClFNO/c1-8-9(15)4-2-7-12(8)18-14(19)13-10(16)5-3-6-11(13)17/h2-7H,1H3,(H,18,19). The van der Waals surface area contributed by atoms with Gasteiger partial charge in [-0.2, -0.15) is 0 Å². The maximum atomic E-state index is 13.6. The fourth-order valence-corrected chi connectivity index (χ4v) is 2.26. The van der Waals surface area contributed by atoms with Crippen molar-refractivity contribution in [2.75, 3.05) is 5.32 Å². The van der Waals surface area contributed by atoms with E-state index < -0.39 is 11.7 Å². The minimum Gasteiger partial charge on any atom is -0.322 e. The summed E-state index contributed by atoms with van der Waals surface area (Å²) in [5, 5.41) is 2.74. The van der Waals surface area contributed by atoms with E-state index in [-0.39, 0.29) is 10.6 Å². The smallest absolute Gasteiger partial charge is 0.260 e. The van der Waals surface area contributed by atoms with Gasteiger partial charge in [0.25, 0.3) is 5.91 Å². The Bertz CT molecular complexity index is 625. The van der Waals surface area contributed by atoms with Gasteiger partial charge in [0, 0.05) is 10.2 Å². The van der Waals surface area contributed by atoms with E-state index in [4.69, 9.17) is 11.6 Å². The molecule has 0 heterocycles. The average molecular weight is 343 g/mol. The van der Waals surface area contributed by atoms with Crippen LogP contribution in [0.4, 0.5) is 10.1 Å². The Labute approximate surface area is 123 Å². The zero-order chi connectivity index (χ0) is 14.0. The Balaban J connectivity index is 2.34. The Morgan fingerprint density at radius 1 is 1.26 bits per heavy atom. The van der Waals surface area contributed by atoms with Crippen molar-refractivity contribution >= 4 is 39.1 Å². The maximum absolute atomic E-state index is 13.6. The molecule has 0 saturated heterocycles. The van der Waals surface area contributed by atoms with Crippen molar-refractivity contribution in [1.29, 1.82) is 0 Å². The van der Waals surface area contributed by atoms with Crippen molar-refractivity contribution < 1.29 is 9.18 Å². The van der Waals surface area contributed by atoms with Crippen LogP contribution in [-0.4, -0.2) is 5.91 Å². The summed E-state index contributed by atoms with van der Waals surface area (Å²) in [5.74, 6) is -1.21. The van der Waals surface area contributed by atoms with Gasteiger partial charge in [-0.25, -0.2) is 4.39 Å². The molecule has 2 rings (SSSR count). The topological polar surface area (TPSA) is 29.1 Å². The minimum atomic E-state index is -0.641. The lowest BCUT2D eigenvalue weighted by molar-refractivity contribution is 0.102. The molecule has 0 radical (unpaired) electrons. The molecule has 1 amide bonds. The number of rotatable bonds is 2. The Morgan fingerprint density at radius 3 is 2.63 bits per heavy atom. The first-order valence-electron chi connectivity index (χ1n) is 5.51. The number of nitrogens with one attached hydrogen (secondary N) is 1. The quantitative estimate of drug-likeness (QED) is 0.834. The Kier molecular flexibility index (Phi) is 4.22. The highest BCUT2D eigenvalue weighted by atomic mass is 79.9. The molecule has 0 aromatic heterocycles. The van der Waals surface area contributed by atoms with Crippen LogP contribution in [0.2, 0.25) is 5.02 Å². The molecule has 19 heavy (non-hydrogen) atoms. The van der Waals surface area contributed by atoms with E-state index in [2.05, 4.69) is 21.2 Å². The van der Waals surface area contributed by atoms with Crippen LogP contribution in [0, 0.1) is 12.7 Å². The monoisotopic (exact) mass is 341 g/mol. The molecular weight excluding hydrogens is 333 g/mol. The molecule has 0 fully saturated rings. The number of amides is 1. The molecule has 0 aliphatic rings. The first-order chi connectivity index (χ1) is 9.00. The van der Waals surface area contributed by atoms with Gasteiger partial charge >= 0.3 is 0 Å². The third-order valence-electron chi connectivity index (χ3n) is 2.71. The maximum Gasteiger partial charge on any atom is 0.260 e. The van der Waals surface area contributed by atoms with Crippen LogP contribution in [0.3, 0.4) is 0 Å². The van der Waals surface area contributed by atoms with E-state index in [9.17, 15) is 9.18 Å². The van der Waals surface area contributed by atoms with Gasteiger partial charge in [0.15, 0.2) is 0 Å². The van der Waals surface area contributed by atoms with Gasteiger partial charge in [-0.05, 0) is 36.8 Å². The highest BCUT2D eigenvalue weighted by Gasteiger charge is 2.16. The summed E-state index contributed by atoms with van der Waals surface area (Å²) >= 11 is 9.22. The first-order valence-corrected chi connectivity index (χ1v) is 6.68. The molecule has 1 N–H and O–H groups in total. The van der Waals surface area contributed by atoms with Gasteiger partial charge in [-0.3, -0.25) is 4.79 Å². The van der Waals surface area contributed by atoms with E-state index in [1.54, 1.807) is 12.1 Å². The summed E-state index contributed by atoms with van der Waals surface area (Å²) in [6, 6.07) is 9.53. The van der Waals surface area contributed by atoms with Crippen molar-refractivity contribution in [3.8, 4) is 0 Å². The molecular formula is C14H10BrClFNO. The van der Waals surface area contributed by atoms with Gasteiger partial charge in [-0.1, -0.05) is 39.7 Å². The minimum absolute atomic E-state index is 0.0881.